The first kappa shape index (κ1) is 26.2. The number of allylic oxidation sites excluding steroid dienone is 2. The van der Waals surface area contributed by atoms with Crippen LogP contribution in [0.1, 0.15) is 43.1 Å². The smallest absolute Gasteiger partial charge is 0.335 e. The zero-order chi connectivity index (χ0) is 24.4. The highest BCUT2D eigenvalue weighted by Gasteiger charge is 2.24. The number of benzene rings is 1. The molecule has 0 aliphatic heterocycles. The van der Waals surface area contributed by atoms with Crippen LogP contribution in [-0.2, 0) is 4.74 Å². The number of nitrogens with one attached hydrogen (secondary N) is 2. The van der Waals surface area contributed by atoms with E-state index < -0.39 is 24.2 Å². The van der Waals surface area contributed by atoms with Crippen molar-refractivity contribution in [1.29, 1.82) is 0 Å². The predicted octanol–water partition coefficient (Wildman–Crippen LogP) is 3.03. The summed E-state index contributed by atoms with van der Waals surface area (Å²) in [5.41, 5.74) is 2.34. The van der Waals surface area contributed by atoms with Crippen LogP contribution in [0.4, 0.5) is 0 Å². The number of aliphatic hydroxyl groups is 2. The van der Waals surface area contributed by atoms with Gasteiger partial charge in [0.2, 0.25) is 6.41 Å². The Balaban J connectivity index is 2.22. The van der Waals surface area contributed by atoms with E-state index in [1.807, 2.05) is 32.9 Å². The number of carboxylic acids is 1. The summed E-state index contributed by atoms with van der Waals surface area (Å²) < 4.78 is 5.50. The van der Waals surface area contributed by atoms with E-state index in [2.05, 4.69) is 22.2 Å². The summed E-state index contributed by atoms with van der Waals surface area (Å²) in [5.74, 6) is -1.26. The number of rotatable bonds is 11. The summed E-state index contributed by atoms with van der Waals surface area (Å²) in [7, 11) is 0. The standard InChI is InChI=1S/C25H33N3O5/c1-5-26-13-6-14-27-22(29)19-11-12-20(16-28-24(32)33-25(2,3)4)21(15-19)17-7-9-18(10-8-17)23(30)31/h5-14,19,22,24,26,28-29,32H,1,15-16H2,2-4H3,(H,30,31). The number of ether oxygens (including phenoxy) is 1. The molecule has 5 N–H and O–H groups in total. The molecule has 0 spiro atoms. The van der Waals surface area contributed by atoms with Crippen molar-refractivity contribution in [3.8, 4) is 0 Å². The van der Waals surface area contributed by atoms with E-state index in [4.69, 9.17) is 4.74 Å². The molecule has 178 valence electrons. The second-order valence-corrected chi connectivity index (χ2v) is 8.52. The van der Waals surface area contributed by atoms with Gasteiger partial charge in [0.15, 0.2) is 6.23 Å². The summed E-state index contributed by atoms with van der Waals surface area (Å²) in [6.45, 7) is 9.41. The molecule has 3 unspecified atom stereocenters. The van der Waals surface area contributed by atoms with Crippen LogP contribution in [-0.4, -0.2) is 52.3 Å². The monoisotopic (exact) mass is 455 g/mol. The number of carboxylic acid groups (broad SMARTS) is 1. The van der Waals surface area contributed by atoms with Crippen molar-refractivity contribution in [2.75, 3.05) is 6.54 Å². The molecular formula is C25H33N3O5. The van der Waals surface area contributed by atoms with Crippen molar-refractivity contribution in [2.24, 2.45) is 10.9 Å². The van der Waals surface area contributed by atoms with Gasteiger partial charge < -0.3 is 25.4 Å². The third-order valence-electron chi connectivity index (χ3n) is 4.80. The molecule has 0 aromatic heterocycles. The van der Waals surface area contributed by atoms with Crippen molar-refractivity contribution in [3.05, 3.63) is 78.2 Å². The van der Waals surface area contributed by atoms with E-state index >= 15 is 0 Å². The second kappa shape index (κ2) is 12.3. The minimum absolute atomic E-state index is 0.195. The van der Waals surface area contributed by atoms with Gasteiger partial charge in [-0.3, -0.25) is 10.3 Å². The van der Waals surface area contributed by atoms with Crippen LogP contribution in [0.2, 0.25) is 0 Å². The van der Waals surface area contributed by atoms with Gasteiger partial charge in [-0.1, -0.05) is 30.9 Å². The van der Waals surface area contributed by atoms with Crippen molar-refractivity contribution in [2.45, 2.75) is 45.4 Å². The first-order chi connectivity index (χ1) is 15.6. The molecule has 1 aliphatic carbocycles. The molecule has 0 fully saturated rings. The Morgan fingerprint density at radius 1 is 1.30 bits per heavy atom. The maximum atomic E-state index is 11.2. The SMILES string of the molecule is C=CNC=CC=NC(O)C1C=CC(CNC(O)OC(C)(C)C)=C(c2ccc(C(=O)O)cc2)C1. The maximum Gasteiger partial charge on any atom is 0.335 e. The molecule has 0 bridgehead atoms. The molecule has 8 nitrogen and oxygen atoms in total. The number of hydrogen-bond acceptors (Lipinski definition) is 7. The third kappa shape index (κ3) is 8.78. The summed E-state index contributed by atoms with van der Waals surface area (Å²) in [6, 6.07) is 6.59. The topological polar surface area (TPSA) is 123 Å². The Bertz CT molecular complexity index is 926. The highest BCUT2D eigenvalue weighted by Crippen LogP contribution is 2.33. The Morgan fingerprint density at radius 2 is 2.00 bits per heavy atom. The maximum absolute atomic E-state index is 11.2. The molecule has 8 heteroatoms. The molecule has 0 saturated heterocycles. The van der Waals surface area contributed by atoms with Gasteiger partial charge in [0, 0.05) is 24.9 Å². The van der Waals surface area contributed by atoms with Crippen LogP contribution in [0.25, 0.3) is 5.57 Å². The van der Waals surface area contributed by atoms with Gasteiger partial charge in [0.1, 0.15) is 0 Å². The lowest BCUT2D eigenvalue weighted by Crippen LogP contribution is -2.39. The molecule has 0 saturated carbocycles. The Hall–Kier alpha value is -3.04. The van der Waals surface area contributed by atoms with E-state index in [1.165, 1.54) is 12.4 Å². The van der Waals surface area contributed by atoms with Gasteiger partial charge >= 0.3 is 5.97 Å². The lowest BCUT2D eigenvalue weighted by Gasteiger charge is -2.27. The van der Waals surface area contributed by atoms with E-state index in [0.29, 0.717) is 13.0 Å². The van der Waals surface area contributed by atoms with Crippen LogP contribution < -0.4 is 10.6 Å². The van der Waals surface area contributed by atoms with E-state index in [-0.39, 0.29) is 11.5 Å². The minimum atomic E-state index is -1.15. The summed E-state index contributed by atoms with van der Waals surface area (Å²) in [6.07, 6.45) is 8.50. The van der Waals surface area contributed by atoms with E-state index in [1.54, 1.807) is 36.5 Å². The highest BCUT2D eigenvalue weighted by atomic mass is 16.6. The predicted molar refractivity (Wildman–Crippen MR) is 129 cm³/mol. The van der Waals surface area contributed by atoms with Crippen LogP contribution in [0.3, 0.4) is 0 Å². The number of aliphatic hydroxyl groups excluding tert-OH is 2. The van der Waals surface area contributed by atoms with Crippen molar-refractivity contribution >= 4 is 17.8 Å². The second-order valence-electron chi connectivity index (χ2n) is 8.52. The van der Waals surface area contributed by atoms with Crippen LogP contribution >= 0.6 is 0 Å². The molecule has 1 aliphatic rings. The quantitative estimate of drug-likeness (QED) is 0.257. The van der Waals surface area contributed by atoms with Gasteiger partial charge in [-0.2, -0.15) is 0 Å². The van der Waals surface area contributed by atoms with Crippen molar-refractivity contribution in [3.63, 3.8) is 0 Å². The molecule has 2 rings (SSSR count). The fourth-order valence-corrected chi connectivity index (χ4v) is 3.25. The number of aliphatic imine (C=N–C) groups is 1. The average Bonchev–Trinajstić information content (AvgIpc) is 2.76. The highest BCUT2D eigenvalue weighted by molar-refractivity contribution is 5.88. The molecule has 0 radical (unpaired) electrons. The zero-order valence-electron chi connectivity index (χ0n) is 19.2. The molecule has 0 amide bonds. The number of carbonyl (C=O) groups is 1. The first-order valence-corrected chi connectivity index (χ1v) is 10.7. The number of nitrogens with zero attached hydrogens (tertiary/aromatic N) is 1. The molecular weight excluding hydrogens is 422 g/mol. The first-order valence-electron chi connectivity index (χ1n) is 10.7. The zero-order valence-corrected chi connectivity index (χ0v) is 19.2. The summed E-state index contributed by atoms with van der Waals surface area (Å²) in [4.78, 5) is 15.4. The largest absolute Gasteiger partial charge is 0.478 e. The lowest BCUT2D eigenvalue weighted by molar-refractivity contribution is -0.180. The van der Waals surface area contributed by atoms with Crippen LogP contribution in [0.15, 0.2) is 72.0 Å². The van der Waals surface area contributed by atoms with E-state index in [0.717, 1.165) is 16.7 Å². The van der Waals surface area contributed by atoms with Crippen molar-refractivity contribution in [1.82, 2.24) is 10.6 Å². The van der Waals surface area contributed by atoms with E-state index in [9.17, 15) is 20.1 Å². The number of hydrogen-bond donors (Lipinski definition) is 5. The average molecular weight is 456 g/mol. The third-order valence-corrected chi connectivity index (χ3v) is 4.80. The molecule has 33 heavy (non-hydrogen) atoms. The van der Waals surface area contributed by atoms with Gasteiger partial charge in [-0.15, -0.1) is 0 Å². The Labute approximate surface area is 194 Å². The van der Waals surface area contributed by atoms with Gasteiger partial charge in [-0.05, 0) is 68.3 Å². The van der Waals surface area contributed by atoms with Gasteiger partial charge in [0.25, 0.3) is 0 Å². The molecule has 1 aromatic rings. The van der Waals surface area contributed by atoms with Crippen LogP contribution in [0, 0.1) is 5.92 Å². The van der Waals surface area contributed by atoms with Gasteiger partial charge in [0.05, 0.1) is 11.2 Å². The summed E-state index contributed by atoms with van der Waals surface area (Å²) in [5, 5.41) is 35.6. The molecule has 0 heterocycles. The van der Waals surface area contributed by atoms with Crippen molar-refractivity contribution < 1.29 is 24.9 Å². The van der Waals surface area contributed by atoms with Gasteiger partial charge in [-0.25, -0.2) is 4.79 Å². The van der Waals surface area contributed by atoms with Crippen LogP contribution in [0.5, 0.6) is 0 Å². The normalized spacial score (nSPS) is 18.6. The summed E-state index contributed by atoms with van der Waals surface area (Å²) >= 11 is 0. The minimum Gasteiger partial charge on any atom is -0.478 e. The molecule has 1 aromatic carbocycles. The fourth-order valence-electron chi connectivity index (χ4n) is 3.25. The molecule has 3 atom stereocenters. The fraction of sp³-hybridized carbons (Fsp3) is 0.360. The lowest BCUT2D eigenvalue weighted by atomic mass is 9.84. The Morgan fingerprint density at radius 3 is 2.61 bits per heavy atom. The number of aromatic carboxylic acids is 1. The Kier molecular flexibility index (Phi) is 9.74.